The van der Waals surface area contributed by atoms with Crippen LogP contribution in [-0.4, -0.2) is 35.1 Å². The van der Waals surface area contributed by atoms with Gasteiger partial charge in [0.2, 0.25) is 0 Å². The van der Waals surface area contributed by atoms with Gasteiger partial charge in [0.25, 0.3) is 0 Å². The van der Waals surface area contributed by atoms with Crippen molar-refractivity contribution in [2.75, 3.05) is 13.2 Å². The van der Waals surface area contributed by atoms with E-state index in [4.69, 9.17) is 16.3 Å². The van der Waals surface area contributed by atoms with Gasteiger partial charge in [0.1, 0.15) is 6.10 Å². The number of hydrogen-bond acceptors (Lipinski definition) is 3. The van der Waals surface area contributed by atoms with Crippen LogP contribution in [0.15, 0.2) is 0 Å². The van der Waals surface area contributed by atoms with Gasteiger partial charge in [0.15, 0.2) is 5.60 Å². The van der Waals surface area contributed by atoms with Gasteiger partial charge in [0, 0.05) is 6.42 Å². The molecule has 1 aliphatic rings. The molecule has 0 saturated carbocycles. The molecule has 2 atom stereocenters. The van der Waals surface area contributed by atoms with E-state index in [2.05, 4.69) is 5.92 Å². The summed E-state index contributed by atoms with van der Waals surface area (Å²) >= 11 is 0. The normalized spacial score (nSPS) is 39.5. The topological polar surface area (TPSA) is 49.7 Å². The summed E-state index contributed by atoms with van der Waals surface area (Å²) in [6.07, 6.45) is 4.85. The third kappa shape index (κ3) is 1.01. The second kappa shape index (κ2) is 2.59. The lowest BCUT2D eigenvalue weighted by Gasteiger charge is -2.20. The van der Waals surface area contributed by atoms with Crippen molar-refractivity contribution in [1.82, 2.24) is 0 Å². The molecule has 2 unspecified atom stereocenters. The van der Waals surface area contributed by atoms with Gasteiger partial charge in [0.05, 0.1) is 13.2 Å². The first-order valence-electron chi connectivity index (χ1n) is 3.15. The molecule has 3 heteroatoms. The zero-order valence-electron chi connectivity index (χ0n) is 5.58. The lowest BCUT2D eigenvalue weighted by Crippen LogP contribution is -2.38. The van der Waals surface area contributed by atoms with Crippen molar-refractivity contribution in [1.29, 1.82) is 0 Å². The fraction of sp³-hybridized carbons (Fsp3) is 0.714. The fourth-order valence-corrected chi connectivity index (χ4v) is 1.02. The zero-order valence-corrected chi connectivity index (χ0v) is 5.58. The van der Waals surface area contributed by atoms with Gasteiger partial charge >= 0.3 is 0 Å². The summed E-state index contributed by atoms with van der Waals surface area (Å²) in [5, 5.41) is 18.1. The van der Waals surface area contributed by atoms with E-state index < -0.39 is 11.7 Å². The van der Waals surface area contributed by atoms with Gasteiger partial charge in [-0.05, 0) is 0 Å². The van der Waals surface area contributed by atoms with Gasteiger partial charge in [-0.1, -0.05) is 5.92 Å². The molecule has 2 N–H and O–H groups in total. The Labute approximate surface area is 59.6 Å². The summed E-state index contributed by atoms with van der Waals surface area (Å²) in [6, 6.07) is 0. The molecule has 0 aromatic carbocycles. The number of aliphatic hydroxyl groups excluding tert-OH is 1. The Kier molecular flexibility index (Phi) is 1.95. The molecule has 1 heterocycles. The minimum absolute atomic E-state index is 0.222. The van der Waals surface area contributed by atoms with Crippen molar-refractivity contribution < 1.29 is 14.9 Å². The maximum absolute atomic E-state index is 9.44. The predicted molar refractivity (Wildman–Crippen MR) is 35.2 cm³/mol. The summed E-state index contributed by atoms with van der Waals surface area (Å²) in [4.78, 5) is 0. The summed E-state index contributed by atoms with van der Waals surface area (Å²) in [5.74, 6) is 2.21. The van der Waals surface area contributed by atoms with Crippen LogP contribution in [0.25, 0.3) is 0 Å². The number of ether oxygens (including phenoxy) is 1. The lowest BCUT2D eigenvalue weighted by molar-refractivity contribution is -0.0285. The molecule has 0 amide bonds. The van der Waals surface area contributed by atoms with Crippen LogP contribution in [0, 0.1) is 12.3 Å². The van der Waals surface area contributed by atoms with Crippen LogP contribution >= 0.6 is 0 Å². The van der Waals surface area contributed by atoms with E-state index in [1.807, 2.05) is 0 Å². The van der Waals surface area contributed by atoms with Crippen LogP contribution in [0.2, 0.25) is 0 Å². The smallest absolute Gasteiger partial charge is 0.155 e. The van der Waals surface area contributed by atoms with E-state index in [1.54, 1.807) is 0 Å². The molecule has 56 valence electrons. The van der Waals surface area contributed by atoms with Gasteiger partial charge in [-0.25, -0.2) is 0 Å². The molecular formula is C7H10O3. The second-order valence-corrected chi connectivity index (χ2v) is 2.36. The maximum atomic E-state index is 9.44. The van der Waals surface area contributed by atoms with Crippen LogP contribution in [0.4, 0.5) is 0 Å². The van der Waals surface area contributed by atoms with Crippen molar-refractivity contribution >= 4 is 0 Å². The molecule has 0 aliphatic carbocycles. The summed E-state index contributed by atoms with van der Waals surface area (Å²) in [5.41, 5.74) is -1.24. The Bertz CT molecular complexity index is 161. The summed E-state index contributed by atoms with van der Waals surface area (Å²) in [6.45, 7) is 0.201. The van der Waals surface area contributed by atoms with E-state index in [-0.39, 0.29) is 6.61 Å². The van der Waals surface area contributed by atoms with E-state index >= 15 is 0 Å². The van der Waals surface area contributed by atoms with Crippen LogP contribution in [-0.2, 0) is 4.74 Å². The molecule has 0 aromatic rings. The van der Waals surface area contributed by atoms with E-state index in [0.717, 1.165) is 0 Å². The number of rotatable bonds is 1. The standard InChI is InChI=1S/C7H10O3/c1-2-7(9)3-4-10-6(7)5-8/h1,6,8-9H,3-5H2. The van der Waals surface area contributed by atoms with Gasteiger partial charge in [-0.2, -0.15) is 0 Å². The average Bonchev–Trinajstić information content (AvgIpc) is 2.32. The lowest BCUT2D eigenvalue weighted by atomic mass is 9.97. The van der Waals surface area contributed by atoms with Crippen LogP contribution in [0.3, 0.4) is 0 Å². The molecule has 3 nitrogen and oxygen atoms in total. The van der Waals surface area contributed by atoms with E-state index in [9.17, 15) is 5.11 Å². The van der Waals surface area contributed by atoms with E-state index in [1.165, 1.54) is 0 Å². The molecule has 0 bridgehead atoms. The van der Waals surface area contributed by atoms with Crippen LogP contribution in [0.5, 0.6) is 0 Å². The largest absolute Gasteiger partial charge is 0.394 e. The Balaban J connectivity index is 2.68. The van der Waals surface area contributed by atoms with E-state index in [0.29, 0.717) is 13.0 Å². The van der Waals surface area contributed by atoms with Crippen molar-refractivity contribution in [2.45, 2.75) is 18.1 Å². The highest BCUT2D eigenvalue weighted by Crippen LogP contribution is 2.24. The molecule has 1 fully saturated rings. The minimum atomic E-state index is -1.24. The van der Waals surface area contributed by atoms with Crippen molar-refractivity contribution in [2.24, 2.45) is 0 Å². The average molecular weight is 142 g/mol. The van der Waals surface area contributed by atoms with Crippen molar-refractivity contribution in [3.8, 4) is 12.3 Å². The molecule has 0 spiro atoms. The first-order valence-corrected chi connectivity index (χ1v) is 3.15. The van der Waals surface area contributed by atoms with Gasteiger partial charge in [-0.3, -0.25) is 0 Å². The highest BCUT2D eigenvalue weighted by atomic mass is 16.5. The minimum Gasteiger partial charge on any atom is -0.394 e. The summed E-state index contributed by atoms with van der Waals surface area (Å²) in [7, 11) is 0. The van der Waals surface area contributed by atoms with Crippen molar-refractivity contribution in [3.05, 3.63) is 0 Å². The highest BCUT2D eigenvalue weighted by molar-refractivity contribution is 5.13. The van der Waals surface area contributed by atoms with Gasteiger partial charge in [-0.15, -0.1) is 6.42 Å². The fourth-order valence-electron chi connectivity index (χ4n) is 1.02. The highest BCUT2D eigenvalue weighted by Gasteiger charge is 2.40. The third-order valence-electron chi connectivity index (χ3n) is 1.75. The number of hydrogen-bond donors (Lipinski definition) is 2. The number of terminal acetylenes is 1. The second-order valence-electron chi connectivity index (χ2n) is 2.36. The Hall–Kier alpha value is -0.560. The first kappa shape index (κ1) is 7.55. The molecule has 1 aliphatic heterocycles. The molecular weight excluding hydrogens is 132 g/mol. The Morgan fingerprint density at radius 2 is 2.50 bits per heavy atom. The maximum Gasteiger partial charge on any atom is 0.155 e. The Morgan fingerprint density at radius 1 is 1.80 bits per heavy atom. The molecule has 10 heavy (non-hydrogen) atoms. The van der Waals surface area contributed by atoms with Crippen molar-refractivity contribution in [3.63, 3.8) is 0 Å². The van der Waals surface area contributed by atoms with Gasteiger partial charge < -0.3 is 14.9 Å². The molecule has 0 radical (unpaired) electrons. The first-order chi connectivity index (χ1) is 4.73. The zero-order chi connectivity index (χ0) is 7.61. The quantitative estimate of drug-likeness (QED) is 0.468. The summed E-state index contributed by atoms with van der Waals surface area (Å²) < 4.78 is 4.97. The van der Waals surface area contributed by atoms with Crippen LogP contribution in [0.1, 0.15) is 6.42 Å². The SMILES string of the molecule is C#CC1(O)CCOC1CO. The monoisotopic (exact) mass is 142 g/mol. The molecule has 0 aromatic heterocycles. The Morgan fingerprint density at radius 3 is 2.90 bits per heavy atom. The third-order valence-corrected chi connectivity index (χ3v) is 1.75. The molecule has 1 saturated heterocycles. The predicted octanol–water partition coefficient (Wildman–Crippen LogP) is -0.868. The van der Waals surface area contributed by atoms with Crippen LogP contribution < -0.4 is 0 Å². The molecule has 1 rings (SSSR count). The number of aliphatic hydroxyl groups is 2.